The molecule has 1 N–H and O–H groups in total. The summed E-state index contributed by atoms with van der Waals surface area (Å²) in [7, 11) is 0. The highest BCUT2D eigenvalue weighted by Crippen LogP contribution is 2.30. The van der Waals surface area contributed by atoms with Crippen LogP contribution in [0.3, 0.4) is 0 Å². The minimum atomic E-state index is -0.304. The van der Waals surface area contributed by atoms with Crippen LogP contribution in [0.2, 0.25) is 0 Å². The molecular weight excluding hydrogens is 319 g/mol. The molecule has 0 spiro atoms. The highest BCUT2D eigenvalue weighted by Gasteiger charge is 2.27. The number of carbonyl (C=O) groups excluding carboxylic acids is 2. The van der Waals surface area contributed by atoms with E-state index in [1.807, 2.05) is 19.9 Å². The van der Waals surface area contributed by atoms with Gasteiger partial charge in [-0.2, -0.15) is 0 Å². The lowest BCUT2D eigenvalue weighted by Crippen LogP contribution is -2.27. The Morgan fingerprint density at radius 3 is 2.64 bits per heavy atom. The summed E-state index contributed by atoms with van der Waals surface area (Å²) in [6.07, 6.45) is 1.23. The summed E-state index contributed by atoms with van der Waals surface area (Å²) in [5.74, 6) is -0.433. The van der Waals surface area contributed by atoms with E-state index in [2.05, 4.69) is 5.32 Å². The minimum absolute atomic E-state index is 0.0779. The molecule has 1 heterocycles. The number of benzene rings is 2. The predicted octanol–water partition coefficient (Wildman–Crippen LogP) is 3.62. The van der Waals surface area contributed by atoms with Gasteiger partial charge in [-0.15, -0.1) is 0 Å². The predicted molar refractivity (Wildman–Crippen MR) is 95.1 cm³/mol. The Bertz CT molecular complexity index is 802. The van der Waals surface area contributed by atoms with Crippen molar-refractivity contribution in [3.05, 3.63) is 65.0 Å². The molecule has 3 rings (SSSR count). The molecule has 2 aromatic rings. The highest BCUT2D eigenvalue weighted by molar-refractivity contribution is 6.03. The van der Waals surface area contributed by atoms with Crippen molar-refractivity contribution in [2.24, 2.45) is 0 Å². The molecule has 0 aliphatic carbocycles. The van der Waals surface area contributed by atoms with Crippen molar-refractivity contribution < 1.29 is 14.0 Å². The second-order valence-electron chi connectivity index (χ2n) is 6.31. The minimum Gasteiger partial charge on any atom is -0.346 e. The van der Waals surface area contributed by atoms with Crippen molar-refractivity contribution in [2.75, 3.05) is 11.4 Å². The molecule has 2 amide bonds. The molecular formula is C20H21FN2O2. The molecule has 1 unspecified atom stereocenters. The van der Waals surface area contributed by atoms with Crippen LogP contribution < -0.4 is 10.2 Å². The number of anilines is 1. The number of hydrogen-bond acceptors (Lipinski definition) is 2. The Morgan fingerprint density at radius 2 is 1.96 bits per heavy atom. The van der Waals surface area contributed by atoms with E-state index < -0.39 is 0 Å². The molecule has 0 radical (unpaired) electrons. The molecule has 2 aromatic carbocycles. The van der Waals surface area contributed by atoms with Crippen molar-refractivity contribution in [3.63, 3.8) is 0 Å². The Labute approximate surface area is 146 Å². The van der Waals surface area contributed by atoms with Crippen molar-refractivity contribution in [3.8, 4) is 0 Å². The van der Waals surface area contributed by atoms with Gasteiger partial charge in [0.05, 0.1) is 12.5 Å². The van der Waals surface area contributed by atoms with Gasteiger partial charge in [-0.25, -0.2) is 4.39 Å². The third-order valence-electron chi connectivity index (χ3n) is 4.44. The van der Waals surface area contributed by atoms with E-state index >= 15 is 0 Å². The van der Waals surface area contributed by atoms with Crippen molar-refractivity contribution >= 4 is 17.5 Å². The van der Waals surface area contributed by atoms with Crippen LogP contribution in [0.4, 0.5) is 10.1 Å². The molecule has 1 aliphatic rings. The Hall–Kier alpha value is -2.69. The molecule has 0 bridgehead atoms. The first-order valence-electron chi connectivity index (χ1n) is 8.49. The number of fused-ring (bicyclic) bond motifs is 1. The van der Waals surface area contributed by atoms with Crippen molar-refractivity contribution in [1.82, 2.24) is 5.32 Å². The van der Waals surface area contributed by atoms with Gasteiger partial charge >= 0.3 is 0 Å². The van der Waals surface area contributed by atoms with Gasteiger partial charge in [0.1, 0.15) is 5.82 Å². The molecule has 1 aliphatic heterocycles. The topological polar surface area (TPSA) is 49.4 Å². The Balaban J connectivity index is 1.74. The van der Waals surface area contributed by atoms with Crippen LogP contribution in [0.25, 0.3) is 0 Å². The van der Waals surface area contributed by atoms with Crippen LogP contribution in [0, 0.1) is 5.82 Å². The number of rotatable bonds is 5. The fourth-order valence-electron chi connectivity index (χ4n) is 3.11. The number of amides is 2. The zero-order valence-electron chi connectivity index (χ0n) is 14.4. The van der Waals surface area contributed by atoms with Gasteiger partial charge in [0.2, 0.25) is 5.91 Å². The first kappa shape index (κ1) is 17.1. The lowest BCUT2D eigenvalue weighted by Gasteiger charge is -2.17. The number of nitrogens with zero attached hydrogens (tertiary/aromatic N) is 1. The Morgan fingerprint density at radius 1 is 1.24 bits per heavy atom. The summed E-state index contributed by atoms with van der Waals surface area (Å²) in [5, 5.41) is 2.91. The zero-order chi connectivity index (χ0) is 18.0. The SMILES string of the molecule is CCCN1C(=O)Cc2cc(C(=O)NC(C)c3ccc(F)cc3)ccc21. The van der Waals surface area contributed by atoms with Crippen LogP contribution >= 0.6 is 0 Å². The third kappa shape index (κ3) is 3.55. The maximum Gasteiger partial charge on any atom is 0.251 e. The molecule has 0 saturated carbocycles. The van der Waals surface area contributed by atoms with Gasteiger partial charge in [0.25, 0.3) is 5.91 Å². The van der Waals surface area contributed by atoms with Gasteiger partial charge in [-0.3, -0.25) is 9.59 Å². The second-order valence-corrected chi connectivity index (χ2v) is 6.31. The molecule has 25 heavy (non-hydrogen) atoms. The lowest BCUT2D eigenvalue weighted by molar-refractivity contribution is -0.117. The van der Waals surface area contributed by atoms with E-state index in [0.717, 1.165) is 23.2 Å². The standard InChI is InChI=1S/C20H21FN2O2/c1-3-10-23-18-9-6-15(11-16(18)12-19(23)24)20(25)22-13(2)14-4-7-17(21)8-5-14/h4-9,11,13H,3,10,12H2,1-2H3,(H,22,25). The molecule has 130 valence electrons. The molecule has 0 saturated heterocycles. The van der Waals surface area contributed by atoms with E-state index in [1.165, 1.54) is 12.1 Å². The van der Waals surface area contributed by atoms with E-state index in [9.17, 15) is 14.0 Å². The molecule has 0 fully saturated rings. The van der Waals surface area contributed by atoms with Gasteiger partial charge in [-0.1, -0.05) is 19.1 Å². The summed E-state index contributed by atoms with van der Waals surface area (Å²) in [4.78, 5) is 26.4. The first-order chi connectivity index (χ1) is 12.0. The summed E-state index contributed by atoms with van der Waals surface area (Å²) in [5.41, 5.74) is 3.15. The van der Waals surface area contributed by atoms with Crippen LogP contribution in [0.1, 0.15) is 47.8 Å². The molecule has 5 heteroatoms. The van der Waals surface area contributed by atoms with E-state index in [4.69, 9.17) is 0 Å². The van der Waals surface area contributed by atoms with Gasteiger partial charge in [0, 0.05) is 17.8 Å². The highest BCUT2D eigenvalue weighted by atomic mass is 19.1. The third-order valence-corrected chi connectivity index (χ3v) is 4.44. The van der Waals surface area contributed by atoms with Gasteiger partial charge < -0.3 is 10.2 Å². The van der Waals surface area contributed by atoms with Crippen molar-refractivity contribution in [2.45, 2.75) is 32.7 Å². The van der Waals surface area contributed by atoms with E-state index in [-0.39, 0.29) is 23.7 Å². The van der Waals surface area contributed by atoms with Crippen molar-refractivity contribution in [1.29, 1.82) is 0 Å². The summed E-state index contributed by atoms with van der Waals surface area (Å²) in [6, 6.07) is 11.2. The fourth-order valence-corrected chi connectivity index (χ4v) is 3.11. The van der Waals surface area contributed by atoms with Crippen LogP contribution in [-0.2, 0) is 11.2 Å². The lowest BCUT2D eigenvalue weighted by atomic mass is 10.1. The monoisotopic (exact) mass is 340 g/mol. The fraction of sp³-hybridized carbons (Fsp3) is 0.300. The van der Waals surface area contributed by atoms with Crippen LogP contribution in [0.15, 0.2) is 42.5 Å². The largest absolute Gasteiger partial charge is 0.346 e. The molecule has 1 atom stereocenters. The van der Waals surface area contributed by atoms with Crippen LogP contribution in [0.5, 0.6) is 0 Å². The normalized spacial score (nSPS) is 14.4. The first-order valence-corrected chi connectivity index (χ1v) is 8.49. The van der Waals surface area contributed by atoms with Gasteiger partial charge in [-0.05, 0) is 54.8 Å². The van der Waals surface area contributed by atoms with E-state index in [1.54, 1.807) is 29.2 Å². The molecule has 0 aromatic heterocycles. The number of carbonyl (C=O) groups is 2. The Kier molecular flexibility index (Phi) is 4.83. The summed E-state index contributed by atoms with van der Waals surface area (Å²) >= 11 is 0. The molecule has 4 nitrogen and oxygen atoms in total. The average molecular weight is 340 g/mol. The summed E-state index contributed by atoms with van der Waals surface area (Å²) < 4.78 is 13.0. The zero-order valence-corrected chi connectivity index (χ0v) is 14.4. The quantitative estimate of drug-likeness (QED) is 0.904. The van der Waals surface area contributed by atoms with E-state index in [0.29, 0.717) is 18.5 Å². The van der Waals surface area contributed by atoms with Crippen LogP contribution in [-0.4, -0.2) is 18.4 Å². The smallest absolute Gasteiger partial charge is 0.251 e. The number of halogens is 1. The number of hydrogen-bond donors (Lipinski definition) is 1. The summed E-state index contributed by atoms with van der Waals surface area (Å²) in [6.45, 7) is 4.58. The average Bonchev–Trinajstić information content (AvgIpc) is 2.90. The maximum absolute atomic E-state index is 13.0. The number of nitrogens with one attached hydrogen (secondary N) is 1. The second kappa shape index (κ2) is 7.05. The van der Waals surface area contributed by atoms with Gasteiger partial charge in [0.15, 0.2) is 0 Å². The maximum atomic E-state index is 13.0.